The minimum absolute atomic E-state index is 0.0923. The molecule has 3 rings (SSSR count). The lowest BCUT2D eigenvalue weighted by Gasteiger charge is -2.30. The van der Waals surface area contributed by atoms with Crippen molar-refractivity contribution in [2.75, 3.05) is 19.8 Å². The molecule has 3 heterocycles. The lowest BCUT2D eigenvalue weighted by molar-refractivity contribution is -0.119. The zero-order valence-electron chi connectivity index (χ0n) is 16.7. The van der Waals surface area contributed by atoms with Crippen LogP contribution < -0.4 is 10.6 Å². The average molecular weight is 374 g/mol. The van der Waals surface area contributed by atoms with Crippen LogP contribution in [0, 0.1) is 18.8 Å². The fourth-order valence-corrected chi connectivity index (χ4v) is 3.76. The van der Waals surface area contributed by atoms with Crippen molar-refractivity contribution in [2.24, 2.45) is 11.8 Å². The van der Waals surface area contributed by atoms with E-state index in [1.807, 2.05) is 25.5 Å². The molecule has 0 aliphatic carbocycles. The van der Waals surface area contributed by atoms with Crippen molar-refractivity contribution in [3.05, 3.63) is 28.6 Å². The molecule has 1 saturated heterocycles. The maximum Gasteiger partial charge on any atom is 0.255 e. The van der Waals surface area contributed by atoms with Crippen LogP contribution in [0.1, 0.15) is 49.7 Å². The molecular formula is C20H30N4O3. The fourth-order valence-electron chi connectivity index (χ4n) is 3.76. The second-order valence-corrected chi connectivity index (χ2v) is 7.78. The van der Waals surface area contributed by atoms with Crippen molar-refractivity contribution in [2.45, 2.75) is 53.1 Å². The predicted molar refractivity (Wildman–Crippen MR) is 102 cm³/mol. The van der Waals surface area contributed by atoms with Crippen LogP contribution in [0.3, 0.4) is 0 Å². The van der Waals surface area contributed by atoms with E-state index in [0.29, 0.717) is 17.1 Å². The number of nitrogens with one attached hydrogen (secondary N) is 2. The van der Waals surface area contributed by atoms with Crippen molar-refractivity contribution in [3.63, 3.8) is 0 Å². The summed E-state index contributed by atoms with van der Waals surface area (Å²) in [6.45, 7) is 10.6. The number of aromatic nitrogens is 2. The molecule has 1 aromatic heterocycles. The molecule has 1 fully saturated rings. The third-order valence-electron chi connectivity index (χ3n) is 6.09. The van der Waals surface area contributed by atoms with E-state index in [4.69, 9.17) is 4.74 Å². The molecule has 148 valence electrons. The largest absolute Gasteiger partial charge is 0.381 e. The van der Waals surface area contributed by atoms with Gasteiger partial charge in [-0.1, -0.05) is 12.5 Å². The first-order chi connectivity index (χ1) is 12.9. The Balaban J connectivity index is 1.64. The summed E-state index contributed by atoms with van der Waals surface area (Å²) in [4.78, 5) is 24.9. The highest BCUT2D eigenvalue weighted by Crippen LogP contribution is 2.23. The van der Waals surface area contributed by atoms with E-state index >= 15 is 0 Å². The van der Waals surface area contributed by atoms with Gasteiger partial charge in [0.2, 0.25) is 5.91 Å². The molecule has 7 nitrogen and oxygen atoms in total. The summed E-state index contributed by atoms with van der Waals surface area (Å²) in [6.07, 6.45) is 3.68. The third-order valence-corrected chi connectivity index (χ3v) is 6.09. The van der Waals surface area contributed by atoms with Gasteiger partial charge in [-0.25, -0.2) is 0 Å². The van der Waals surface area contributed by atoms with E-state index in [9.17, 15) is 9.59 Å². The second kappa shape index (κ2) is 8.25. The summed E-state index contributed by atoms with van der Waals surface area (Å²) in [6, 6.07) is 0.114. The predicted octanol–water partition coefficient (Wildman–Crippen LogP) is 1.82. The van der Waals surface area contributed by atoms with Crippen LogP contribution in [0.2, 0.25) is 0 Å². The molecule has 0 aromatic carbocycles. The van der Waals surface area contributed by atoms with Crippen molar-refractivity contribution in [3.8, 4) is 0 Å². The summed E-state index contributed by atoms with van der Waals surface area (Å²) in [7, 11) is 0. The Kier molecular flexibility index (Phi) is 5.99. The maximum atomic E-state index is 12.6. The first-order valence-electron chi connectivity index (χ1n) is 9.77. The van der Waals surface area contributed by atoms with E-state index in [-0.39, 0.29) is 30.3 Å². The van der Waals surface area contributed by atoms with Crippen molar-refractivity contribution >= 4 is 11.8 Å². The van der Waals surface area contributed by atoms with Crippen LogP contribution in [0.15, 0.2) is 17.3 Å². The summed E-state index contributed by atoms with van der Waals surface area (Å²) >= 11 is 0. The Morgan fingerprint density at radius 1 is 1.33 bits per heavy atom. The van der Waals surface area contributed by atoms with Crippen LogP contribution >= 0.6 is 0 Å². The van der Waals surface area contributed by atoms with Gasteiger partial charge in [-0.05, 0) is 45.4 Å². The van der Waals surface area contributed by atoms with Gasteiger partial charge < -0.3 is 15.4 Å². The summed E-state index contributed by atoms with van der Waals surface area (Å²) in [5.74, 6) is 0.518. The Morgan fingerprint density at radius 3 is 2.74 bits per heavy atom. The van der Waals surface area contributed by atoms with Gasteiger partial charge in [0, 0.05) is 43.6 Å². The number of carbonyl (C=O) groups is 2. The number of ether oxygens (including phenoxy) is 1. The molecule has 27 heavy (non-hydrogen) atoms. The van der Waals surface area contributed by atoms with E-state index in [1.165, 1.54) is 0 Å². The number of rotatable bonds is 5. The van der Waals surface area contributed by atoms with Crippen LogP contribution in [0.25, 0.3) is 0 Å². The molecule has 0 radical (unpaired) electrons. The van der Waals surface area contributed by atoms with Gasteiger partial charge in [-0.2, -0.15) is 5.10 Å². The summed E-state index contributed by atoms with van der Waals surface area (Å²) < 4.78 is 7.31. The second-order valence-electron chi connectivity index (χ2n) is 7.78. The molecule has 0 bridgehead atoms. The highest BCUT2D eigenvalue weighted by atomic mass is 16.5. The van der Waals surface area contributed by atoms with Crippen LogP contribution in [-0.4, -0.2) is 47.4 Å². The van der Waals surface area contributed by atoms with Gasteiger partial charge in [0.05, 0.1) is 11.8 Å². The minimum atomic E-state index is -0.190. The lowest BCUT2D eigenvalue weighted by atomic mass is 9.87. The first kappa shape index (κ1) is 19.6. The van der Waals surface area contributed by atoms with E-state index in [1.54, 1.807) is 6.20 Å². The summed E-state index contributed by atoms with van der Waals surface area (Å²) in [5.41, 5.74) is 3.12. The Bertz CT molecular complexity index is 746. The van der Waals surface area contributed by atoms with Crippen LogP contribution in [-0.2, 0) is 16.1 Å². The lowest BCUT2D eigenvalue weighted by Crippen LogP contribution is -2.45. The van der Waals surface area contributed by atoms with Crippen molar-refractivity contribution < 1.29 is 14.3 Å². The molecular weight excluding hydrogens is 344 g/mol. The number of hydrogen-bond acceptors (Lipinski definition) is 4. The van der Waals surface area contributed by atoms with Crippen molar-refractivity contribution in [1.82, 2.24) is 20.4 Å². The van der Waals surface area contributed by atoms with E-state index in [2.05, 4.69) is 22.7 Å². The monoisotopic (exact) mass is 374 g/mol. The average Bonchev–Trinajstić information content (AvgIpc) is 3.01. The topological polar surface area (TPSA) is 85.2 Å². The molecule has 2 unspecified atom stereocenters. The first-order valence-corrected chi connectivity index (χ1v) is 9.77. The fraction of sp³-hybridized carbons (Fsp3) is 0.650. The van der Waals surface area contributed by atoms with Crippen LogP contribution in [0.5, 0.6) is 0 Å². The van der Waals surface area contributed by atoms with Gasteiger partial charge in [-0.15, -0.1) is 0 Å². The minimum Gasteiger partial charge on any atom is -0.381 e. The zero-order valence-corrected chi connectivity index (χ0v) is 16.7. The highest BCUT2D eigenvalue weighted by Gasteiger charge is 2.28. The SMILES string of the molecule is CC1=C(CNC(=O)c2cnn(CC3CCOCC3)c2C)C(=O)NC(C)C1C. The molecule has 0 saturated carbocycles. The van der Waals surface area contributed by atoms with Gasteiger partial charge in [0.15, 0.2) is 0 Å². The Hall–Kier alpha value is -2.15. The number of amides is 2. The van der Waals surface area contributed by atoms with Gasteiger partial charge >= 0.3 is 0 Å². The molecule has 1 aromatic rings. The van der Waals surface area contributed by atoms with Crippen molar-refractivity contribution in [1.29, 1.82) is 0 Å². The third kappa shape index (κ3) is 4.24. The molecule has 2 aliphatic heterocycles. The molecule has 2 amide bonds. The van der Waals surface area contributed by atoms with E-state index < -0.39 is 0 Å². The quantitative estimate of drug-likeness (QED) is 0.823. The smallest absolute Gasteiger partial charge is 0.255 e. The Labute approximate surface area is 160 Å². The number of hydrogen-bond donors (Lipinski definition) is 2. The molecule has 2 atom stereocenters. The Morgan fingerprint density at radius 2 is 2.04 bits per heavy atom. The summed E-state index contributed by atoms with van der Waals surface area (Å²) in [5, 5.41) is 10.3. The van der Waals surface area contributed by atoms with Gasteiger partial charge in [0.1, 0.15) is 0 Å². The molecule has 2 aliphatic rings. The highest BCUT2D eigenvalue weighted by molar-refractivity contribution is 5.99. The standard InChI is InChI=1S/C20H30N4O3/c1-12-13(2)17(20(26)23-14(12)3)9-21-19(25)18-10-22-24(15(18)4)11-16-5-7-27-8-6-16/h10,12,14,16H,5-9,11H2,1-4H3,(H,21,25)(H,23,26). The normalized spacial score (nSPS) is 24.1. The van der Waals surface area contributed by atoms with E-state index in [0.717, 1.165) is 43.9 Å². The number of nitrogens with zero attached hydrogens (tertiary/aromatic N) is 2. The molecule has 2 N–H and O–H groups in total. The molecule has 7 heteroatoms. The molecule has 0 spiro atoms. The van der Waals surface area contributed by atoms with Gasteiger partial charge in [-0.3, -0.25) is 14.3 Å². The maximum absolute atomic E-state index is 12.6. The van der Waals surface area contributed by atoms with Crippen LogP contribution in [0.4, 0.5) is 0 Å². The van der Waals surface area contributed by atoms with Gasteiger partial charge in [0.25, 0.3) is 5.91 Å². The zero-order chi connectivity index (χ0) is 19.6. The number of carbonyl (C=O) groups excluding carboxylic acids is 2.